The molecule has 4 heteroatoms. The van der Waals surface area contributed by atoms with E-state index in [1.165, 1.54) is 19.4 Å². The molecule has 0 saturated carbocycles. The first-order valence-corrected chi connectivity index (χ1v) is 6.89. The lowest BCUT2D eigenvalue weighted by Gasteiger charge is -2.43. The molecule has 0 amide bonds. The van der Waals surface area contributed by atoms with Crippen molar-refractivity contribution in [3.05, 3.63) is 17.8 Å². The van der Waals surface area contributed by atoms with E-state index in [0.717, 1.165) is 36.3 Å². The van der Waals surface area contributed by atoms with Gasteiger partial charge in [-0.2, -0.15) is 0 Å². The summed E-state index contributed by atoms with van der Waals surface area (Å²) in [6.07, 6.45) is 2.68. The number of hydrogen-bond donors (Lipinski definition) is 1. The molecule has 3 rings (SSSR count). The highest BCUT2D eigenvalue weighted by molar-refractivity contribution is 5.51. The van der Waals surface area contributed by atoms with E-state index in [9.17, 15) is 0 Å². The molecule has 1 aromatic rings. The molecule has 1 aromatic heterocycles. The third-order valence-corrected chi connectivity index (χ3v) is 4.34. The number of nitrogens with zero attached hydrogens (tertiary/aromatic N) is 3. The molecule has 0 aliphatic carbocycles. The van der Waals surface area contributed by atoms with Crippen molar-refractivity contribution in [2.24, 2.45) is 0 Å². The van der Waals surface area contributed by atoms with Crippen LogP contribution in [0.25, 0.3) is 0 Å². The predicted octanol–water partition coefficient (Wildman–Crippen LogP) is 1.65. The molecule has 2 saturated heterocycles. The van der Waals surface area contributed by atoms with Gasteiger partial charge < -0.3 is 10.6 Å². The molecule has 2 fully saturated rings. The molecule has 2 atom stereocenters. The molecule has 2 N–H and O–H groups in total. The van der Waals surface area contributed by atoms with Gasteiger partial charge in [0.1, 0.15) is 5.82 Å². The maximum atomic E-state index is 5.85. The zero-order valence-electron chi connectivity index (χ0n) is 11.3. The highest BCUT2D eigenvalue weighted by atomic mass is 15.3. The lowest BCUT2D eigenvalue weighted by Crippen LogP contribution is -2.55. The summed E-state index contributed by atoms with van der Waals surface area (Å²) in [4.78, 5) is 9.72. The van der Waals surface area contributed by atoms with Gasteiger partial charge in [0.05, 0.1) is 11.4 Å². The van der Waals surface area contributed by atoms with Crippen molar-refractivity contribution < 1.29 is 0 Å². The Morgan fingerprint density at radius 3 is 2.94 bits per heavy atom. The summed E-state index contributed by atoms with van der Waals surface area (Å²) >= 11 is 0. The highest BCUT2D eigenvalue weighted by Gasteiger charge is 2.34. The first-order chi connectivity index (χ1) is 8.65. The van der Waals surface area contributed by atoms with Crippen LogP contribution in [0, 0.1) is 6.92 Å². The minimum absolute atomic E-state index is 0.537. The minimum Gasteiger partial charge on any atom is -0.397 e. The Morgan fingerprint density at radius 1 is 1.33 bits per heavy atom. The first-order valence-electron chi connectivity index (χ1n) is 6.89. The average Bonchev–Trinajstić information content (AvgIpc) is 2.79. The maximum Gasteiger partial charge on any atom is 0.129 e. The standard InChI is InChI=1S/C14H22N4/c1-10-8-17-7-3-4-12(17)9-18(10)14-6-5-13(15)11(2)16-14/h5-6,10,12H,3-4,7-9,15H2,1-2H3. The summed E-state index contributed by atoms with van der Waals surface area (Å²) in [5.74, 6) is 1.08. The number of pyridine rings is 1. The normalized spacial score (nSPS) is 28.4. The number of fused-ring (bicyclic) bond motifs is 1. The molecule has 3 heterocycles. The minimum atomic E-state index is 0.537. The van der Waals surface area contributed by atoms with Crippen LogP contribution in [-0.2, 0) is 0 Å². The maximum absolute atomic E-state index is 5.85. The lowest BCUT2D eigenvalue weighted by atomic mass is 10.1. The second-order valence-corrected chi connectivity index (χ2v) is 5.64. The second-order valence-electron chi connectivity index (χ2n) is 5.64. The van der Waals surface area contributed by atoms with Gasteiger partial charge in [-0.15, -0.1) is 0 Å². The van der Waals surface area contributed by atoms with E-state index in [2.05, 4.69) is 27.8 Å². The monoisotopic (exact) mass is 246 g/mol. The van der Waals surface area contributed by atoms with Gasteiger partial charge in [-0.3, -0.25) is 4.90 Å². The fourth-order valence-electron chi connectivity index (χ4n) is 3.23. The number of nitrogens with two attached hydrogens (primary N) is 1. The zero-order valence-corrected chi connectivity index (χ0v) is 11.3. The third-order valence-electron chi connectivity index (χ3n) is 4.34. The molecule has 0 spiro atoms. The van der Waals surface area contributed by atoms with Gasteiger partial charge in [0, 0.05) is 25.2 Å². The van der Waals surface area contributed by atoms with E-state index in [1.807, 2.05) is 13.0 Å². The van der Waals surface area contributed by atoms with Gasteiger partial charge in [0.15, 0.2) is 0 Å². The number of aromatic nitrogens is 1. The zero-order chi connectivity index (χ0) is 12.7. The van der Waals surface area contributed by atoms with Crippen LogP contribution < -0.4 is 10.6 Å². The third kappa shape index (κ3) is 1.94. The summed E-state index contributed by atoms with van der Waals surface area (Å²) in [5, 5.41) is 0. The number of anilines is 2. The lowest BCUT2D eigenvalue weighted by molar-refractivity contribution is 0.202. The van der Waals surface area contributed by atoms with Crippen molar-refractivity contribution in [2.75, 3.05) is 30.3 Å². The number of rotatable bonds is 1. The summed E-state index contributed by atoms with van der Waals surface area (Å²) in [5.41, 5.74) is 7.57. The predicted molar refractivity (Wildman–Crippen MR) is 74.8 cm³/mol. The number of piperazine rings is 1. The number of hydrogen-bond acceptors (Lipinski definition) is 4. The van der Waals surface area contributed by atoms with E-state index in [-0.39, 0.29) is 0 Å². The molecule has 18 heavy (non-hydrogen) atoms. The molecule has 0 aromatic carbocycles. The number of aryl methyl sites for hydroxylation is 1. The fraction of sp³-hybridized carbons (Fsp3) is 0.643. The van der Waals surface area contributed by atoms with Gasteiger partial charge in [-0.05, 0) is 45.4 Å². The molecule has 2 aliphatic heterocycles. The van der Waals surface area contributed by atoms with Gasteiger partial charge >= 0.3 is 0 Å². The Balaban J connectivity index is 1.84. The second kappa shape index (κ2) is 4.43. The van der Waals surface area contributed by atoms with Crippen LogP contribution in [0.5, 0.6) is 0 Å². The molecular formula is C14H22N4. The molecular weight excluding hydrogens is 224 g/mol. The van der Waals surface area contributed by atoms with Crippen LogP contribution in [-0.4, -0.2) is 41.6 Å². The fourth-order valence-corrected chi connectivity index (χ4v) is 3.23. The van der Waals surface area contributed by atoms with Crippen LogP contribution in [0.15, 0.2) is 12.1 Å². The summed E-state index contributed by atoms with van der Waals surface area (Å²) in [6, 6.07) is 5.30. The summed E-state index contributed by atoms with van der Waals surface area (Å²) in [6.45, 7) is 7.82. The van der Waals surface area contributed by atoms with E-state index in [0.29, 0.717) is 6.04 Å². The van der Waals surface area contributed by atoms with Gasteiger partial charge in [0.2, 0.25) is 0 Å². The van der Waals surface area contributed by atoms with E-state index in [1.54, 1.807) is 0 Å². The Labute approximate surface area is 109 Å². The Bertz CT molecular complexity index is 445. The summed E-state index contributed by atoms with van der Waals surface area (Å²) in [7, 11) is 0. The smallest absolute Gasteiger partial charge is 0.129 e. The highest BCUT2D eigenvalue weighted by Crippen LogP contribution is 2.28. The molecule has 98 valence electrons. The molecule has 2 aliphatic rings. The van der Waals surface area contributed by atoms with Crippen molar-refractivity contribution in [1.82, 2.24) is 9.88 Å². The first kappa shape index (κ1) is 11.8. The Kier molecular flexibility index (Phi) is 2.90. The van der Waals surface area contributed by atoms with E-state index >= 15 is 0 Å². The quantitative estimate of drug-likeness (QED) is 0.818. The molecule has 4 nitrogen and oxygen atoms in total. The van der Waals surface area contributed by atoms with Crippen LogP contribution in [0.2, 0.25) is 0 Å². The van der Waals surface area contributed by atoms with Gasteiger partial charge in [0.25, 0.3) is 0 Å². The van der Waals surface area contributed by atoms with Crippen molar-refractivity contribution in [1.29, 1.82) is 0 Å². The van der Waals surface area contributed by atoms with Crippen LogP contribution in [0.4, 0.5) is 11.5 Å². The average molecular weight is 246 g/mol. The van der Waals surface area contributed by atoms with Crippen molar-refractivity contribution in [3.8, 4) is 0 Å². The van der Waals surface area contributed by atoms with Crippen molar-refractivity contribution >= 4 is 11.5 Å². The van der Waals surface area contributed by atoms with Crippen molar-refractivity contribution in [3.63, 3.8) is 0 Å². The SMILES string of the molecule is Cc1nc(N2CC3CCCN3CC2C)ccc1N. The van der Waals surface area contributed by atoms with Gasteiger partial charge in [-0.25, -0.2) is 4.98 Å². The number of nitrogen functional groups attached to an aromatic ring is 1. The molecule has 0 bridgehead atoms. The molecule has 0 radical (unpaired) electrons. The Hall–Kier alpha value is -1.29. The van der Waals surface area contributed by atoms with Crippen molar-refractivity contribution in [2.45, 2.75) is 38.8 Å². The van der Waals surface area contributed by atoms with Crippen LogP contribution >= 0.6 is 0 Å². The van der Waals surface area contributed by atoms with Crippen LogP contribution in [0.1, 0.15) is 25.5 Å². The molecule has 2 unspecified atom stereocenters. The Morgan fingerprint density at radius 2 is 2.17 bits per heavy atom. The van der Waals surface area contributed by atoms with Gasteiger partial charge in [-0.1, -0.05) is 0 Å². The van der Waals surface area contributed by atoms with E-state index < -0.39 is 0 Å². The largest absolute Gasteiger partial charge is 0.397 e. The van der Waals surface area contributed by atoms with Crippen LogP contribution in [0.3, 0.4) is 0 Å². The topological polar surface area (TPSA) is 45.4 Å². The van der Waals surface area contributed by atoms with E-state index in [4.69, 9.17) is 5.73 Å². The summed E-state index contributed by atoms with van der Waals surface area (Å²) < 4.78 is 0.